The van der Waals surface area contributed by atoms with Gasteiger partial charge in [0.05, 0.1) is 0 Å². The largest absolute Gasteiger partial charge is 0.508 e. The summed E-state index contributed by atoms with van der Waals surface area (Å²) in [5, 5.41) is 20.4. The number of thiophene rings is 1. The molecule has 6 heteroatoms. The Morgan fingerprint density at radius 2 is 1.73 bits per heavy atom. The normalized spacial score (nSPS) is 16.7. The number of phenolic OH excluding ortho intramolecular Hbond substituents is 2. The molecule has 33 heavy (non-hydrogen) atoms. The van der Waals surface area contributed by atoms with Crippen molar-refractivity contribution in [1.82, 2.24) is 4.90 Å². The Labute approximate surface area is 196 Å². The van der Waals surface area contributed by atoms with Crippen molar-refractivity contribution in [2.45, 2.75) is 18.9 Å². The van der Waals surface area contributed by atoms with Crippen LogP contribution in [0.4, 0.5) is 0 Å². The summed E-state index contributed by atoms with van der Waals surface area (Å²) in [6.45, 7) is 2.01. The number of hydrogen-bond acceptors (Lipinski definition) is 6. The van der Waals surface area contributed by atoms with Gasteiger partial charge < -0.3 is 19.8 Å². The van der Waals surface area contributed by atoms with Crippen LogP contribution in [0.15, 0.2) is 66.7 Å². The lowest BCUT2D eigenvalue weighted by Crippen LogP contribution is -2.38. The highest BCUT2D eigenvalue weighted by Crippen LogP contribution is 2.41. The zero-order chi connectivity index (χ0) is 22.9. The molecule has 1 fully saturated rings. The third kappa shape index (κ3) is 4.45. The number of carbonyl (C=O) groups excluding carboxylic acids is 1. The zero-order valence-corrected chi connectivity index (χ0v) is 19.1. The van der Waals surface area contributed by atoms with Crippen LogP contribution in [0.25, 0.3) is 20.5 Å². The molecule has 1 aromatic heterocycles. The number of nitrogens with zero attached hydrogens (tertiary/aromatic N) is 1. The Bertz CT molecular complexity index is 1290. The number of ketones is 1. The lowest BCUT2D eigenvalue weighted by Gasteiger charge is -2.30. The second kappa shape index (κ2) is 8.89. The monoisotopic (exact) mass is 459 g/mol. The van der Waals surface area contributed by atoms with E-state index in [1.165, 1.54) is 11.3 Å². The lowest BCUT2D eigenvalue weighted by atomic mass is 9.97. The minimum atomic E-state index is -0.0843. The summed E-state index contributed by atoms with van der Waals surface area (Å²) in [4.78, 5) is 16.7. The van der Waals surface area contributed by atoms with E-state index in [2.05, 4.69) is 11.9 Å². The van der Waals surface area contributed by atoms with Crippen molar-refractivity contribution in [1.29, 1.82) is 0 Å². The van der Waals surface area contributed by atoms with Crippen LogP contribution in [-0.4, -0.2) is 47.1 Å². The maximum atomic E-state index is 13.7. The summed E-state index contributed by atoms with van der Waals surface area (Å²) in [6, 6.07) is 19.2. The summed E-state index contributed by atoms with van der Waals surface area (Å²) >= 11 is 1.45. The second-order valence-electron chi connectivity index (χ2n) is 8.53. The number of benzene rings is 3. The molecule has 5 rings (SSSR count). The molecule has 0 radical (unpaired) electrons. The summed E-state index contributed by atoms with van der Waals surface area (Å²) in [6.07, 6.45) is 2.33. The topological polar surface area (TPSA) is 70.0 Å². The number of rotatable bonds is 5. The van der Waals surface area contributed by atoms with Gasteiger partial charge >= 0.3 is 0 Å². The number of ether oxygens (including phenoxy) is 1. The molecule has 5 nitrogen and oxygen atoms in total. The van der Waals surface area contributed by atoms with E-state index in [0.29, 0.717) is 11.1 Å². The molecule has 1 atom stereocenters. The van der Waals surface area contributed by atoms with Crippen molar-refractivity contribution in [2.75, 3.05) is 20.1 Å². The van der Waals surface area contributed by atoms with Crippen molar-refractivity contribution in [3.8, 4) is 27.7 Å². The fourth-order valence-corrected chi connectivity index (χ4v) is 5.60. The number of aromatic hydroxyl groups is 2. The third-order valence-electron chi connectivity index (χ3n) is 6.03. The van der Waals surface area contributed by atoms with Gasteiger partial charge in [-0.15, -0.1) is 11.3 Å². The summed E-state index contributed by atoms with van der Waals surface area (Å²) in [5.41, 5.74) is 2.03. The first-order valence-electron chi connectivity index (χ1n) is 11.0. The summed E-state index contributed by atoms with van der Waals surface area (Å²) in [5.74, 6) is 1.02. The zero-order valence-electron chi connectivity index (χ0n) is 18.3. The number of fused-ring (bicyclic) bond motifs is 1. The highest BCUT2D eigenvalue weighted by molar-refractivity contribution is 7.22. The van der Waals surface area contributed by atoms with Crippen molar-refractivity contribution in [3.63, 3.8) is 0 Å². The quantitative estimate of drug-likeness (QED) is 0.376. The van der Waals surface area contributed by atoms with Crippen LogP contribution in [0.2, 0.25) is 0 Å². The van der Waals surface area contributed by atoms with Gasteiger partial charge in [0.15, 0.2) is 5.78 Å². The fourth-order valence-electron chi connectivity index (χ4n) is 4.36. The molecule has 1 aliphatic heterocycles. The van der Waals surface area contributed by atoms with Crippen molar-refractivity contribution >= 4 is 27.2 Å². The molecule has 0 saturated carbocycles. The van der Waals surface area contributed by atoms with E-state index >= 15 is 0 Å². The Morgan fingerprint density at radius 1 is 1.00 bits per heavy atom. The van der Waals surface area contributed by atoms with Gasteiger partial charge in [0, 0.05) is 32.6 Å². The highest BCUT2D eigenvalue weighted by atomic mass is 32.1. The molecule has 0 spiro atoms. The molecule has 1 aliphatic rings. The molecule has 4 aromatic rings. The van der Waals surface area contributed by atoms with E-state index in [0.717, 1.165) is 52.2 Å². The van der Waals surface area contributed by atoms with E-state index in [9.17, 15) is 15.0 Å². The van der Waals surface area contributed by atoms with E-state index in [1.807, 2.05) is 24.3 Å². The van der Waals surface area contributed by atoms with Crippen molar-refractivity contribution < 1.29 is 19.7 Å². The third-order valence-corrected chi connectivity index (χ3v) is 7.23. The summed E-state index contributed by atoms with van der Waals surface area (Å²) < 4.78 is 6.97. The first-order valence-corrected chi connectivity index (χ1v) is 11.8. The van der Waals surface area contributed by atoms with Crippen LogP contribution in [0.3, 0.4) is 0 Å². The molecular weight excluding hydrogens is 434 g/mol. The standard InChI is InChI=1S/C27H25NO4S/c1-28-14-2-3-22(16-28)32-21-11-6-17(7-12-21)26(31)25-23-13-10-20(30)15-24(23)33-27(25)18-4-8-19(29)9-5-18/h4-13,15,22,29-30H,2-3,14,16H2,1H3. The fraction of sp³-hybridized carbons (Fsp3) is 0.222. The highest BCUT2D eigenvalue weighted by Gasteiger charge is 2.23. The number of carbonyl (C=O) groups is 1. The predicted molar refractivity (Wildman–Crippen MR) is 132 cm³/mol. The number of phenols is 2. The van der Waals surface area contributed by atoms with Gasteiger partial charge in [-0.3, -0.25) is 4.79 Å². The van der Waals surface area contributed by atoms with Gasteiger partial charge in [0.2, 0.25) is 0 Å². The molecule has 1 unspecified atom stereocenters. The maximum absolute atomic E-state index is 13.7. The number of piperidine rings is 1. The average Bonchev–Trinajstić information content (AvgIpc) is 3.18. The van der Waals surface area contributed by atoms with Gasteiger partial charge in [0.1, 0.15) is 23.4 Å². The van der Waals surface area contributed by atoms with Crippen molar-refractivity contribution in [2.24, 2.45) is 0 Å². The van der Waals surface area contributed by atoms with Gasteiger partial charge in [-0.25, -0.2) is 0 Å². The molecule has 0 aliphatic carbocycles. The SMILES string of the molecule is CN1CCCC(Oc2ccc(C(=O)c3c(-c4ccc(O)cc4)sc4cc(O)ccc34)cc2)C1. The smallest absolute Gasteiger partial charge is 0.195 e. The molecule has 0 bridgehead atoms. The molecule has 0 amide bonds. The number of hydrogen-bond donors (Lipinski definition) is 2. The average molecular weight is 460 g/mol. The van der Waals surface area contributed by atoms with Crippen LogP contribution >= 0.6 is 11.3 Å². The van der Waals surface area contributed by atoms with Crippen LogP contribution < -0.4 is 4.74 Å². The van der Waals surface area contributed by atoms with Gasteiger partial charge in [-0.05, 0) is 98.7 Å². The molecule has 1 saturated heterocycles. The second-order valence-corrected chi connectivity index (χ2v) is 9.58. The number of likely N-dealkylation sites (N-methyl/N-ethyl adjacent to an activating group) is 1. The molecule has 2 N–H and O–H groups in total. The number of likely N-dealkylation sites (tertiary alicyclic amines) is 1. The van der Waals surface area contributed by atoms with E-state index in [-0.39, 0.29) is 23.4 Å². The first-order chi connectivity index (χ1) is 16.0. The lowest BCUT2D eigenvalue weighted by molar-refractivity contribution is 0.103. The Morgan fingerprint density at radius 3 is 2.45 bits per heavy atom. The molecule has 2 heterocycles. The van der Waals surface area contributed by atoms with E-state index < -0.39 is 0 Å². The van der Waals surface area contributed by atoms with Crippen LogP contribution in [0.5, 0.6) is 17.2 Å². The van der Waals surface area contributed by atoms with Gasteiger partial charge in [-0.2, -0.15) is 0 Å². The first kappa shape index (κ1) is 21.5. The molecular formula is C27H25NO4S. The molecule has 168 valence electrons. The maximum Gasteiger partial charge on any atom is 0.195 e. The minimum absolute atomic E-state index is 0.0843. The van der Waals surface area contributed by atoms with Gasteiger partial charge in [0.25, 0.3) is 0 Å². The predicted octanol–water partition coefficient (Wildman–Crippen LogP) is 5.68. The summed E-state index contributed by atoms with van der Waals surface area (Å²) in [7, 11) is 2.11. The Hall–Kier alpha value is -3.35. The van der Waals surface area contributed by atoms with Gasteiger partial charge in [-0.1, -0.05) is 0 Å². The Kier molecular flexibility index (Phi) is 5.79. The van der Waals surface area contributed by atoms with Crippen molar-refractivity contribution in [3.05, 3.63) is 77.9 Å². The Balaban J connectivity index is 1.48. The molecule has 3 aromatic carbocycles. The van der Waals surface area contributed by atoms with E-state index in [4.69, 9.17) is 4.74 Å². The van der Waals surface area contributed by atoms with Crippen LogP contribution in [0.1, 0.15) is 28.8 Å². The van der Waals surface area contributed by atoms with Crippen LogP contribution in [-0.2, 0) is 0 Å². The minimum Gasteiger partial charge on any atom is -0.508 e. The van der Waals surface area contributed by atoms with E-state index in [1.54, 1.807) is 42.5 Å². The van der Waals surface area contributed by atoms with Crippen LogP contribution in [0, 0.1) is 0 Å².